The largest absolute Gasteiger partial charge is 0.272 e. The maximum Gasteiger partial charge on any atom is 0.270 e. The molecule has 2 amide bonds. The Hall–Kier alpha value is -1.56. The van der Waals surface area contributed by atoms with Gasteiger partial charge in [0.15, 0.2) is 0 Å². The number of rotatable bonds is 2. The van der Waals surface area contributed by atoms with Gasteiger partial charge in [-0.1, -0.05) is 19.3 Å². The summed E-state index contributed by atoms with van der Waals surface area (Å²) in [6, 6.07) is 3.30. The minimum Gasteiger partial charge on any atom is -0.272 e. The van der Waals surface area contributed by atoms with Crippen molar-refractivity contribution in [3.63, 3.8) is 0 Å². The summed E-state index contributed by atoms with van der Waals surface area (Å²) in [5, 5.41) is 1.58. The molecule has 2 heterocycles. The Bertz CT molecular complexity index is 514. The number of amides is 2. The Labute approximate surface area is 122 Å². The number of nitrogens with one attached hydrogen (secondary N) is 1. The Morgan fingerprint density at radius 2 is 1.95 bits per heavy atom. The van der Waals surface area contributed by atoms with E-state index in [1.54, 1.807) is 41.3 Å². The van der Waals surface area contributed by atoms with Crippen molar-refractivity contribution in [2.45, 2.75) is 37.0 Å². The summed E-state index contributed by atoms with van der Waals surface area (Å²) in [4.78, 5) is 28.0. The molecule has 106 valence electrons. The smallest absolute Gasteiger partial charge is 0.270 e. The molecule has 0 radical (unpaired) electrons. The molecule has 1 N–H and O–H groups in total. The molecule has 1 aliphatic heterocycles. The van der Waals surface area contributed by atoms with E-state index in [-0.39, 0.29) is 16.7 Å². The molecule has 1 aliphatic carbocycles. The van der Waals surface area contributed by atoms with Crippen molar-refractivity contribution in [3.05, 3.63) is 30.1 Å². The molecule has 0 unspecified atom stereocenters. The number of carbonyl (C=O) groups is 2. The van der Waals surface area contributed by atoms with Crippen LogP contribution in [0.25, 0.3) is 0 Å². The molecule has 0 bridgehead atoms. The van der Waals surface area contributed by atoms with Crippen LogP contribution in [0.4, 0.5) is 0 Å². The first-order valence-electron chi connectivity index (χ1n) is 6.89. The maximum absolute atomic E-state index is 12.2. The van der Waals surface area contributed by atoms with E-state index >= 15 is 0 Å². The summed E-state index contributed by atoms with van der Waals surface area (Å²) >= 11 is 1.67. The van der Waals surface area contributed by atoms with Gasteiger partial charge in [-0.2, -0.15) is 0 Å². The Morgan fingerprint density at radius 3 is 2.65 bits per heavy atom. The Morgan fingerprint density at radius 1 is 1.25 bits per heavy atom. The zero-order valence-electron chi connectivity index (χ0n) is 11.2. The number of carbonyl (C=O) groups excluding carboxylic acids is 2. The molecule has 1 spiro atoms. The van der Waals surface area contributed by atoms with Crippen LogP contribution in [-0.2, 0) is 4.79 Å². The lowest BCUT2D eigenvalue weighted by atomic mass is 9.94. The highest BCUT2D eigenvalue weighted by atomic mass is 32.2. The van der Waals surface area contributed by atoms with Crippen LogP contribution in [0.1, 0.15) is 42.5 Å². The first-order valence-corrected chi connectivity index (χ1v) is 7.88. The van der Waals surface area contributed by atoms with E-state index in [9.17, 15) is 9.59 Å². The van der Waals surface area contributed by atoms with Gasteiger partial charge in [0.05, 0.1) is 5.75 Å². The third-order valence-corrected chi connectivity index (χ3v) is 5.43. The van der Waals surface area contributed by atoms with Crippen LogP contribution in [0, 0.1) is 0 Å². The minimum atomic E-state index is -0.242. The van der Waals surface area contributed by atoms with E-state index in [1.165, 1.54) is 6.42 Å². The van der Waals surface area contributed by atoms with Crippen molar-refractivity contribution in [1.82, 2.24) is 15.4 Å². The Kier molecular flexibility index (Phi) is 3.65. The fourth-order valence-corrected chi connectivity index (χ4v) is 4.23. The van der Waals surface area contributed by atoms with E-state index in [0.717, 1.165) is 25.7 Å². The van der Waals surface area contributed by atoms with E-state index in [1.807, 2.05) is 0 Å². The van der Waals surface area contributed by atoms with E-state index < -0.39 is 0 Å². The molecule has 2 fully saturated rings. The molecule has 0 atom stereocenters. The van der Waals surface area contributed by atoms with Gasteiger partial charge in [-0.3, -0.25) is 20.0 Å². The van der Waals surface area contributed by atoms with E-state index in [2.05, 4.69) is 10.4 Å². The topological polar surface area (TPSA) is 62.3 Å². The molecule has 1 saturated carbocycles. The molecule has 5 nitrogen and oxygen atoms in total. The second-order valence-corrected chi connectivity index (χ2v) is 6.54. The molecule has 1 saturated heterocycles. The second-order valence-electron chi connectivity index (χ2n) is 5.20. The number of hydrogen-bond donors (Lipinski definition) is 1. The predicted octanol–water partition coefficient (Wildman–Crippen LogP) is 1.96. The molecule has 3 rings (SSSR count). The third-order valence-electron chi connectivity index (χ3n) is 3.91. The summed E-state index contributed by atoms with van der Waals surface area (Å²) in [6.45, 7) is 0. The van der Waals surface area contributed by atoms with E-state index in [0.29, 0.717) is 11.3 Å². The van der Waals surface area contributed by atoms with Gasteiger partial charge < -0.3 is 0 Å². The zero-order valence-corrected chi connectivity index (χ0v) is 12.0. The third kappa shape index (κ3) is 2.40. The lowest BCUT2D eigenvalue weighted by Gasteiger charge is -2.39. The Balaban J connectivity index is 1.77. The van der Waals surface area contributed by atoms with Crippen LogP contribution >= 0.6 is 11.8 Å². The van der Waals surface area contributed by atoms with Crippen LogP contribution in [-0.4, -0.2) is 32.4 Å². The molecular formula is C14H17N3O2S. The highest BCUT2D eigenvalue weighted by Gasteiger charge is 2.47. The first kappa shape index (κ1) is 13.4. The number of pyridine rings is 1. The van der Waals surface area contributed by atoms with Crippen LogP contribution < -0.4 is 5.43 Å². The van der Waals surface area contributed by atoms with Crippen LogP contribution in [0.15, 0.2) is 24.5 Å². The SMILES string of the molecule is O=C(NN1C(=O)CSC12CCCCC2)c1ccncc1. The van der Waals surface area contributed by atoms with Gasteiger partial charge in [-0.25, -0.2) is 5.01 Å². The molecule has 0 aromatic carbocycles. The fraction of sp³-hybridized carbons (Fsp3) is 0.500. The van der Waals surface area contributed by atoms with Crippen LogP contribution in [0.5, 0.6) is 0 Å². The van der Waals surface area contributed by atoms with Gasteiger partial charge in [0, 0.05) is 18.0 Å². The van der Waals surface area contributed by atoms with Gasteiger partial charge >= 0.3 is 0 Å². The summed E-state index contributed by atoms with van der Waals surface area (Å²) in [5.74, 6) is 0.212. The fourth-order valence-electron chi connectivity index (χ4n) is 2.86. The maximum atomic E-state index is 12.2. The number of hydrazine groups is 1. The predicted molar refractivity (Wildman–Crippen MR) is 76.8 cm³/mol. The van der Waals surface area contributed by atoms with Crippen LogP contribution in [0.3, 0.4) is 0 Å². The normalized spacial score (nSPS) is 21.2. The molecule has 2 aliphatic rings. The number of aromatic nitrogens is 1. The summed E-state index contributed by atoms with van der Waals surface area (Å²) < 4.78 is 0. The number of nitrogens with zero attached hydrogens (tertiary/aromatic N) is 2. The van der Waals surface area contributed by atoms with Gasteiger partial charge in [-0.15, -0.1) is 11.8 Å². The molecule has 6 heteroatoms. The van der Waals surface area contributed by atoms with Crippen molar-refractivity contribution in [3.8, 4) is 0 Å². The first-order chi connectivity index (χ1) is 9.71. The average molecular weight is 291 g/mol. The molecule has 1 aromatic heterocycles. The van der Waals surface area contributed by atoms with E-state index in [4.69, 9.17) is 0 Å². The highest BCUT2D eigenvalue weighted by Crippen LogP contribution is 2.46. The highest BCUT2D eigenvalue weighted by molar-refractivity contribution is 8.01. The van der Waals surface area contributed by atoms with Gasteiger partial charge in [0.25, 0.3) is 11.8 Å². The average Bonchev–Trinajstić information content (AvgIpc) is 2.78. The molecule has 1 aromatic rings. The minimum absolute atomic E-state index is 0.000642. The van der Waals surface area contributed by atoms with Crippen LogP contribution in [0.2, 0.25) is 0 Å². The molecule has 20 heavy (non-hydrogen) atoms. The second kappa shape index (κ2) is 5.44. The summed E-state index contributed by atoms with van der Waals surface area (Å²) in [7, 11) is 0. The van der Waals surface area contributed by atoms with Crippen molar-refractivity contribution < 1.29 is 9.59 Å². The van der Waals surface area contributed by atoms with Gasteiger partial charge in [0.1, 0.15) is 4.87 Å². The number of thioether (sulfide) groups is 1. The van der Waals surface area contributed by atoms with Crippen molar-refractivity contribution >= 4 is 23.6 Å². The van der Waals surface area contributed by atoms with Crippen molar-refractivity contribution in [2.24, 2.45) is 0 Å². The van der Waals surface area contributed by atoms with Gasteiger partial charge in [0.2, 0.25) is 0 Å². The number of hydrogen-bond acceptors (Lipinski definition) is 4. The van der Waals surface area contributed by atoms with Gasteiger partial charge in [-0.05, 0) is 25.0 Å². The molecular weight excluding hydrogens is 274 g/mol. The lowest BCUT2D eigenvalue weighted by Crippen LogP contribution is -2.55. The lowest BCUT2D eigenvalue weighted by molar-refractivity contribution is -0.133. The zero-order chi connectivity index (χ0) is 14.0. The monoisotopic (exact) mass is 291 g/mol. The van der Waals surface area contributed by atoms with Crippen molar-refractivity contribution in [2.75, 3.05) is 5.75 Å². The summed E-state index contributed by atoms with van der Waals surface area (Å²) in [5.41, 5.74) is 3.33. The standard InChI is InChI=1S/C14H17N3O2S/c18-12-10-20-14(6-2-1-3-7-14)17(12)16-13(19)11-4-8-15-9-5-11/h4-5,8-9H,1-3,6-7,10H2,(H,16,19). The van der Waals surface area contributed by atoms with Crippen molar-refractivity contribution in [1.29, 1.82) is 0 Å². The quantitative estimate of drug-likeness (QED) is 0.905. The summed E-state index contributed by atoms with van der Waals surface area (Å²) in [6.07, 6.45) is 8.50.